The van der Waals surface area contributed by atoms with E-state index < -0.39 is 5.76 Å². The predicted molar refractivity (Wildman–Crippen MR) is 73.0 cm³/mol. The van der Waals surface area contributed by atoms with Crippen molar-refractivity contribution in [2.75, 3.05) is 13.1 Å². The highest BCUT2D eigenvalue weighted by atomic mass is 16.4. The molecule has 1 aromatic heterocycles. The first kappa shape index (κ1) is 13.4. The smallest absolute Gasteiger partial charge is 0.408 e. The van der Waals surface area contributed by atoms with Gasteiger partial charge in [-0.3, -0.25) is 4.98 Å². The van der Waals surface area contributed by atoms with E-state index in [1.54, 1.807) is 0 Å². The van der Waals surface area contributed by atoms with E-state index in [-0.39, 0.29) is 5.41 Å². The molecule has 0 unspecified atom stereocenters. The van der Waals surface area contributed by atoms with Crippen LogP contribution in [0.4, 0.5) is 0 Å². The molecule has 19 heavy (non-hydrogen) atoms. The summed E-state index contributed by atoms with van der Waals surface area (Å²) in [4.78, 5) is 13.8. The van der Waals surface area contributed by atoms with E-state index in [1.807, 2.05) is 18.2 Å². The summed E-state index contributed by atoms with van der Waals surface area (Å²) in [6.07, 6.45) is 0.502. The Bertz CT molecular complexity index is 661. The molecule has 1 heterocycles. The maximum Gasteiger partial charge on any atom is 0.417 e. The van der Waals surface area contributed by atoms with Crippen molar-refractivity contribution in [1.29, 1.82) is 5.26 Å². The number of H-pyrrole nitrogens is 1. The van der Waals surface area contributed by atoms with Crippen molar-refractivity contribution in [3.8, 4) is 6.07 Å². The summed E-state index contributed by atoms with van der Waals surface area (Å²) >= 11 is 0. The normalized spacial score (nSPS) is 11.6. The third-order valence-corrected chi connectivity index (χ3v) is 3.18. The summed E-state index contributed by atoms with van der Waals surface area (Å²) in [5.74, 6) is -0.433. The Hall–Kier alpha value is -2.06. The Morgan fingerprint density at radius 3 is 3.00 bits per heavy atom. The third kappa shape index (κ3) is 3.04. The molecule has 0 spiro atoms. The molecule has 0 aliphatic carbocycles. The van der Waals surface area contributed by atoms with Crippen molar-refractivity contribution in [3.05, 3.63) is 34.3 Å². The van der Waals surface area contributed by atoms with Gasteiger partial charge in [-0.05, 0) is 17.7 Å². The number of rotatable bonds is 5. The van der Waals surface area contributed by atoms with Crippen LogP contribution in [0.15, 0.2) is 27.4 Å². The van der Waals surface area contributed by atoms with Crippen molar-refractivity contribution in [3.63, 3.8) is 0 Å². The topological polar surface area (TPSA) is 81.8 Å². The molecule has 100 valence electrons. The number of aromatic nitrogens is 1. The Kier molecular flexibility index (Phi) is 3.72. The number of benzene rings is 1. The average Bonchev–Trinajstić information content (AvgIpc) is 2.73. The quantitative estimate of drug-likeness (QED) is 0.803. The number of aromatic amines is 1. The lowest BCUT2D eigenvalue weighted by atomic mass is 9.84. The van der Waals surface area contributed by atoms with Gasteiger partial charge in [0.2, 0.25) is 0 Å². The second kappa shape index (κ2) is 5.29. The Morgan fingerprint density at radius 2 is 2.26 bits per heavy atom. The van der Waals surface area contributed by atoms with Crippen LogP contribution in [-0.2, 0) is 5.41 Å². The first-order valence-electron chi connectivity index (χ1n) is 6.24. The lowest BCUT2D eigenvalue weighted by Gasteiger charge is -2.25. The lowest BCUT2D eigenvalue weighted by Crippen LogP contribution is -2.33. The van der Waals surface area contributed by atoms with Crippen molar-refractivity contribution >= 4 is 11.1 Å². The van der Waals surface area contributed by atoms with Gasteiger partial charge in [-0.1, -0.05) is 19.9 Å². The molecule has 0 aliphatic heterocycles. The number of oxazole rings is 1. The van der Waals surface area contributed by atoms with E-state index in [1.165, 1.54) is 0 Å². The van der Waals surface area contributed by atoms with Crippen molar-refractivity contribution in [1.82, 2.24) is 10.3 Å². The Morgan fingerprint density at radius 1 is 1.47 bits per heavy atom. The molecule has 0 fully saturated rings. The van der Waals surface area contributed by atoms with Gasteiger partial charge in [0.1, 0.15) is 0 Å². The highest BCUT2D eigenvalue weighted by Crippen LogP contribution is 2.25. The molecule has 2 rings (SSSR count). The number of nitriles is 1. The minimum absolute atomic E-state index is 0.0977. The monoisotopic (exact) mass is 259 g/mol. The minimum Gasteiger partial charge on any atom is -0.408 e. The predicted octanol–water partition coefficient (Wildman–Crippen LogP) is 1.90. The maximum absolute atomic E-state index is 11.1. The van der Waals surface area contributed by atoms with Crippen molar-refractivity contribution in [2.45, 2.75) is 25.7 Å². The van der Waals surface area contributed by atoms with E-state index in [9.17, 15) is 4.79 Å². The average molecular weight is 259 g/mol. The highest BCUT2D eigenvalue weighted by Gasteiger charge is 2.21. The second-order valence-corrected chi connectivity index (χ2v) is 5.19. The fourth-order valence-electron chi connectivity index (χ4n) is 2.01. The van der Waals surface area contributed by atoms with E-state index in [4.69, 9.17) is 9.68 Å². The zero-order chi connectivity index (χ0) is 13.9. The molecule has 0 bridgehead atoms. The van der Waals surface area contributed by atoms with Crippen LogP contribution in [-0.4, -0.2) is 18.1 Å². The number of hydrogen-bond acceptors (Lipinski definition) is 4. The fourth-order valence-corrected chi connectivity index (χ4v) is 2.01. The van der Waals surface area contributed by atoms with Gasteiger partial charge in [0.25, 0.3) is 0 Å². The van der Waals surface area contributed by atoms with Gasteiger partial charge in [-0.25, -0.2) is 4.79 Å². The van der Waals surface area contributed by atoms with E-state index in [2.05, 4.69) is 30.2 Å². The molecule has 0 radical (unpaired) electrons. The van der Waals surface area contributed by atoms with Crippen LogP contribution in [0.1, 0.15) is 25.8 Å². The number of nitrogens with one attached hydrogen (secondary N) is 2. The van der Waals surface area contributed by atoms with Crippen LogP contribution >= 0.6 is 0 Å². The molecule has 5 heteroatoms. The molecule has 5 nitrogen and oxygen atoms in total. The van der Waals surface area contributed by atoms with E-state index in [0.29, 0.717) is 24.1 Å². The molecule has 1 aromatic carbocycles. The van der Waals surface area contributed by atoms with Crippen LogP contribution in [0.3, 0.4) is 0 Å². The summed E-state index contributed by atoms with van der Waals surface area (Å²) in [5.41, 5.74) is 2.28. The van der Waals surface area contributed by atoms with Gasteiger partial charge in [0.15, 0.2) is 5.58 Å². The fraction of sp³-hybridized carbons (Fsp3) is 0.429. The second-order valence-electron chi connectivity index (χ2n) is 5.19. The number of hydrogen-bond donors (Lipinski definition) is 2. The zero-order valence-corrected chi connectivity index (χ0v) is 11.1. The van der Waals surface area contributed by atoms with Gasteiger partial charge < -0.3 is 9.73 Å². The number of fused-ring (bicyclic) bond motifs is 1. The summed E-state index contributed by atoms with van der Waals surface area (Å²) < 4.78 is 5.07. The van der Waals surface area contributed by atoms with Crippen LogP contribution in [0, 0.1) is 11.3 Å². The summed E-state index contributed by atoms with van der Waals surface area (Å²) in [7, 11) is 0. The van der Waals surface area contributed by atoms with E-state index >= 15 is 0 Å². The van der Waals surface area contributed by atoms with Gasteiger partial charge in [-0.15, -0.1) is 0 Å². The first-order chi connectivity index (χ1) is 9.03. The molecule has 2 N–H and O–H groups in total. The number of nitrogens with zero attached hydrogens (tertiary/aromatic N) is 1. The lowest BCUT2D eigenvalue weighted by molar-refractivity contribution is 0.472. The Balaban J connectivity index is 2.17. The zero-order valence-electron chi connectivity index (χ0n) is 11.1. The standard InChI is InChI=1S/C14H17N3O2/c1-14(2,9-16-7-3-6-15)10-4-5-11-12(8-10)19-13(18)17-11/h4-5,8,16H,3,7,9H2,1-2H3,(H,17,18). The molecular weight excluding hydrogens is 242 g/mol. The molecule has 0 saturated carbocycles. The maximum atomic E-state index is 11.1. The van der Waals surface area contributed by atoms with Gasteiger partial charge in [0.05, 0.1) is 11.6 Å². The van der Waals surface area contributed by atoms with Gasteiger partial charge in [-0.2, -0.15) is 5.26 Å². The molecule has 2 aromatic rings. The largest absolute Gasteiger partial charge is 0.417 e. The van der Waals surface area contributed by atoms with Crippen LogP contribution < -0.4 is 11.1 Å². The summed E-state index contributed by atoms with van der Waals surface area (Å²) in [5, 5.41) is 11.8. The van der Waals surface area contributed by atoms with Crippen LogP contribution in [0.25, 0.3) is 11.1 Å². The summed E-state index contributed by atoms with van der Waals surface area (Å²) in [6.45, 7) is 5.66. The highest BCUT2D eigenvalue weighted by molar-refractivity contribution is 5.73. The van der Waals surface area contributed by atoms with Gasteiger partial charge >= 0.3 is 5.76 Å². The first-order valence-corrected chi connectivity index (χ1v) is 6.24. The molecule has 0 aliphatic rings. The third-order valence-electron chi connectivity index (χ3n) is 3.18. The van der Waals surface area contributed by atoms with Gasteiger partial charge in [0, 0.05) is 24.9 Å². The molecular formula is C14H17N3O2. The van der Waals surface area contributed by atoms with Crippen molar-refractivity contribution < 1.29 is 4.42 Å². The van der Waals surface area contributed by atoms with Crippen LogP contribution in [0.5, 0.6) is 0 Å². The summed E-state index contributed by atoms with van der Waals surface area (Å²) in [6, 6.07) is 7.83. The van der Waals surface area contributed by atoms with Crippen molar-refractivity contribution in [2.24, 2.45) is 0 Å². The van der Waals surface area contributed by atoms with Crippen LogP contribution in [0.2, 0.25) is 0 Å². The molecule has 0 atom stereocenters. The van der Waals surface area contributed by atoms with E-state index in [0.717, 1.165) is 12.1 Å². The SMILES string of the molecule is CC(C)(CNCCC#N)c1ccc2[nH]c(=O)oc2c1. The molecule has 0 amide bonds. The Labute approximate surface area is 111 Å². The minimum atomic E-state index is -0.433. The molecule has 0 saturated heterocycles.